The van der Waals surface area contributed by atoms with Crippen LogP contribution in [0.15, 0.2) is 53.4 Å². The number of thioether (sulfide) groups is 1. The van der Waals surface area contributed by atoms with Crippen molar-refractivity contribution >= 4 is 34.9 Å². The van der Waals surface area contributed by atoms with Gasteiger partial charge in [0, 0.05) is 0 Å². The van der Waals surface area contributed by atoms with E-state index in [2.05, 4.69) is 5.32 Å². The predicted octanol–water partition coefficient (Wildman–Crippen LogP) is 2.17. The highest BCUT2D eigenvalue weighted by atomic mass is 32.2. The minimum absolute atomic E-state index is 0.142. The lowest BCUT2D eigenvalue weighted by molar-refractivity contribution is -0.129. The molecule has 31 heavy (non-hydrogen) atoms. The summed E-state index contributed by atoms with van der Waals surface area (Å²) in [6.07, 6.45) is 2.02. The van der Waals surface area contributed by atoms with E-state index in [1.54, 1.807) is 24.3 Å². The lowest BCUT2D eigenvalue weighted by atomic mass is 10.1. The second-order valence-electron chi connectivity index (χ2n) is 7.02. The molecule has 1 saturated heterocycles. The number of ether oxygens (including phenoxy) is 2. The number of aliphatic hydroxyl groups is 1. The van der Waals surface area contributed by atoms with Crippen molar-refractivity contribution < 1.29 is 29.0 Å². The molecule has 0 radical (unpaired) electrons. The molecular weight excluding hydrogens is 420 g/mol. The largest absolute Gasteiger partial charge is 0.454 e. The number of carbonyl (C=O) groups excluding carboxylic acids is 3. The van der Waals surface area contributed by atoms with Gasteiger partial charge in [-0.25, -0.2) is 0 Å². The maximum Gasteiger partial charge on any atom is 0.294 e. The van der Waals surface area contributed by atoms with Gasteiger partial charge in [0.15, 0.2) is 11.5 Å². The van der Waals surface area contributed by atoms with Gasteiger partial charge in [-0.2, -0.15) is 0 Å². The first-order valence-corrected chi connectivity index (χ1v) is 10.4. The normalized spacial score (nSPS) is 17.3. The van der Waals surface area contributed by atoms with Crippen molar-refractivity contribution in [2.24, 2.45) is 0 Å². The minimum atomic E-state index is -0.536. The molecule has 2 N–H and O–H groups in total. The van der Waals surface area contributed by atoms with Crippen LogP contribution in [0.25, 0.3) is 6.08 Å². The quantitative estimate of drug-likeness (QED) is 0.636. The standard InChI is InChI=1S/C22H20N2O6S/c25-12-16(8-14-4-2-1-3-5-14)23-20(26)11-24-21(27)19(31-22(24)28)10-15-6-7-17-18(9-15)30-13-29-17/h1-7,9-10,16,25H,8,11-13H2,(H,23,26)/b19-10-/t16-/m0/s1. The fourth-order valence-corrected chi connectivity index (χ4v) is 4.11. The lowest BCUT2D eigenvalue weighted by Crippen LogP contribution is -2.45. The van der Waals surface area contributed by atoms with E-state index < -0.39 is 29.6 Å². The van der Waals surface area contributed by atoms with Crippen molar-refractivity contribution in [1.82, 2.24) is 10.2 Å². The van der Waals surface area contributed by atoms with Gasteiger partial charge in [0.2, 0.25) is 12.7 Å². The highest BCUT2D eigenvalue weighted by Gasteiger charge is 2.36. The van der Waals surface area contributed by atoms with Gasteiger partial charge in [-0.05, 0) is 47.5 Å². The van der Waals surface area contributed by atoms with Crippen LogP contribution in [-0.4, -0.2) is 53.0 Å². The van der Waals surface area contributed by atoms with Gasteiger partial charge in [0.1, 0.15) is 6.54 Å². The van der Waals surface area contributed by atoms with Crippen molar-refractivity contribution in [3.63, 3.8) is 0 Å². The van der Waals surface area contributed by atoms with Crippen molar-refractivity contribution in [3.05, 3.63) is 64.6 Å². The summed E-state index contributed by atoms with van der Waals surface area (Å²) in [5.41, 5.74) is 1.64. The number of aliphatic hydroxyl groups excluding tert-OH is 1. The molecule has 2 aliphatic rings. The summed E-state index contributed by atoms with van der Waals surface area (Å²) in [4.78, 5) is 38.5. The van der Waals surface area contributed by atoms with Crippen LogP contribution in [-0.2, 0) is 16.0 Å². The third-order valence-electron chi connectivity index (χ3n) is 4.78. The molecule has 4 rings (SSSR count). The Balaban J connectivity index is 1.39. The number of hydrogen-bond donors (Lipinski definition) is 2. The Hall–Kier alpha value is -3.30. The zero-order valence-corrected chi connectivity index (χ0v) is 17.3. The van der Waals surface area contributed by atoms with E-state index >= 15 is 0 Å². The summed E-state index contributed by atoms with van der Waals surface area (Å²) in [5.74, 6) is 0.143. The lowest BCUT2D eigenvalue weighted by Gasteiger charge is -2.18. The summed E-state index contributed by atoms with van der Waals surface area (Å²) in [5, 5.41) is 11.7. The Labute approximate surface area is 182 Å². The van der Waals surface area contributed by atoms with Crippen LogP contribution < -0.4 is 14.8 Å². The van der Waals surface area contributed by atoms with Crippen molar-refractivity contribution in [3.8, 4) is 11.5 Å². The number of fused-ring (bicyclic) bond motifs is 1. The van der Waals surface area contributed by atoms with Crippen LogP contribution >= 0.6 is 11.8 Å². The van der Waals surface area contributed by atoms with E-state index in [0.717, 1.165) is 22.2 Å². The fraction of sp³-hybridized carbons (Fsp3) is 0.227. The van der Waals surface area contributed by atoms with Gasteiger partial charge in [-0.15, -0.1) is 0 Å². The molecule has 0 bridgehead atoms. The van der Waals surface area contributed by atoms with Crippen LogP contribution in [0.5, 0.6) is 11.5 Å². The number of amides is 3. The van der Waals surface area contributed by atoms with Crippen molar-refractivity contribution in [1.29, 1.82) is 0 Å². The summed E-state index contributed by atoms with van der Waals surface area (Å²) in [6, 6.07) is 14.1. The number of nitrogens with one attached hydrogen (secondary N) is 1. The van der Waals surface area contributed by atoms with Gasteiger partial charge >= 0.3 is 0 Å². The topological polar surface area (TPSA) is 105 Å². The molecule has 9 heteroatoms. The molecule has 0 aromatic heterocycles. The van der Waals surface area contributed by atoms with Crippen molar-refractivity contribution in [2.45, 2.75) is 12.5 Å². The third kappa shape index (κ3) is 4.89. The Kier molecular flexibility index (Phi) is 6.24. The second kappa shape index (κ2) is 9.23. The first kappa shape index (κ1) is 21.0. The molecule has 2 aromatic rings. The summed E-state index contributed by atoms with van der Waals surface area (Å²) >= 11 is 0.776. The summed E-state index contributed by atoms with van der Waals surface area (Å²) in [7, 11) is 0. The smallest absolute Gasteiger partial charge is 0.294 e. The summed E-state index contributed by atoms with van der Waals surface area (Å²) in [6.45, 7) is -0.523. The minimum Gasteiger partial charge on any atom is -0.454 e. The van der Waals surface area contributed by atoms with Crippen LogP contribution in [0.4, 0.5) is 4.79 Å². The predicted molar refractivity (Wildman–Crippen MR) is 114 cm³/mol. The van der Waals surface area contributed by atoms with Crippen LogP contribution in [0, 0.1) is 0 Å². The van der Waals surface area contributed by atoms with E-state index in [1.165, 1.54) is 0 Å². The number of benzene rings is 2. The molecule has 2 heterocycles. The van der Waals surface area contributed by atoms with Crippen LogP contribution in [0.1, 0.15) is 11.1 Å². The molecule has 2 aliphatic heterocycles. The third-order valence-corrected chi connectivity index (χ3v) is 5.69. The molecular formula is C22H20N2O6S. The molecule has 1 atom stereocenters. The molecule has 160 valence electrons. The zero-order chi connectivity index (χ0) is 21.8. The Bertz CT molecular complexity index is 1040. The van der Waals surface area contributed by atoms with E-state index in [1.807, 2.05) is 30.3 Å². The Morgan fingerprint density at radius 3 is 2.71 bits per heavy atom. The molecule has 1 fully saturated rings. The van der Waals surface area contributed by atoms with E-state index in [-0.39, 0.29) is 18.3 Å². The first-order valence-electron chi connectivity index (χ1n) is 9.62. The van der Waals surface area contributed by atoms with Crippen molar-refractivity contribution in [2.75, 3.05) is 19.9 Å². The molecule has 8 nitrogen and oxygen atoms in total. The van der Waals surface area contributed by atoms with Gasteiger partial charge in [0.25, 0.3) is 11.1 Å². The molecule has 0 aliphatic carbocycles. The van der Waals surface area contributed by atoms with Crippen LogP contribution in [0.3, 0.4) is 0 Å². The Morgan fingerprint density at radius 2 is 1.94 bits per heavy atom. The maximum absolute atomic E-state index is 12.7. The zero-order valence-electron chi connectivity index (χ0n) is 16.4. The van der Waals surface area contributed by atoms with E-state index in [9.17, 15) is 19.5 Å². The molecule has 0 unspecified atom stereocenters. The van der Waals surface area contributed by atoms with Gasteiger partial charge < -0.3 is 19.9 Å². The molecule has 0 saturated carbocycles. The van der Waals surface area contributed by atoms with Crippen LogP contribution in [0.2, 0.25) is 0 Å². The van der Waals surface area contributed by atoms with Gasteiger partial charge in [0.05, 0.1) is 17.6 Å². The highest BCUT2D eigenvalue weighted by Crippen LogP contribution is 2.36. The number of nitrogens with zero attached hydrogens (tertiary/aromatic N) is 1. The monoisotopic (exact) mass is 440 g/mol. The fourth-order valence-electron chi connectivity index (χ4n) is 3.27. The second-order valence-corrected chi connectivity index (χ2v) is 8.01. The summed E-state index contributed by atoms with van der Waals surface area (Å²) < 4.78 is 10.6. The van der Waals surface area contributed by atoms with Gasteiger partial charge in [-0.3, -0.25) is 19.3 Å². The average molecular weight is 440 g/mol. The van der Waals surface area contributed by atoms with E-state index in [0.29, 0.717) is 23.5 Å². The van der Waals surface area contributed by atoms with E-state index in [4.69, 9.17) is 9.47 Å². The SMILES string of the molecule is O=C(CN1C(=O)S/C(=C\c2ccc3c(c2)OCO3)C1=O)N[C@H](CO)Cc1ccccc1. The first-order chi connectivity index (χ1) is 15.0. The van der Waals surface area contributed by atoms with Gasteiger partial charge in [-0.1, -0.05) is 36.4 Å². The molecule has 3 amide bonds. The Morgan fingerprint density at radius 1 is 1.16 bits per heavy atom. The number of imide groups is 1. The number of rotatable bonds is 7. The highest BCUT2D eigenvalue weighted by molar-refractivity contribution is 8.18. The molecule has 0 spiro atoms. The maximum atomic E-state index is 12.7. The number of hydrogen-bond acceptors (Lipinski definition) is 7. The molecule has 2 aromatic carbocycles. The number of carbonyl (C=O) groups is 3. The average Bonchev–Trinajstić information content (AvgIpc) is 3.33.